The Labute approximate surface area is 87.5 Å². The van der Waals surface area contributed by atoms with Crippen LogP contribution in [0.15, 0.2) is 10.7 Å². The van der Waals surface area contributed by atoms with Crippen LogP contribution in [0.5, 0.6) is 5.88 Å². The number of methoxy groups -OCH3 is 1. The van der Waals surface area contributed by atoms with Crippen molar-refractivity contribution in [2.75, 3.05) is 7.11 Å². The summed E-state index contributed by atoms with van der Waals surface area (Å²) in [5, 5.41) is 8.57. The summed E-state index contributed by atoms with van der Waals surface area (Å²) in [5.74, 6) is 0.0410. The van der Waals surface area contributed by atoms with Crippen molar-refractivity contribution in [3.05, 3.63) is 21.8 Å². The molecular formula is C8H5BrF2N2O. The van der Waals surface area contributed by atoms with E-state index in [0.29, 0.717) is 0 Å². The zero-order valence-corrected chi connectivity index (χ0v) is 8.68. The molecule has 0 atom stereocenters. The Morgan fingerprint density at radius 3 is 2.71 bits per heavy atom. The second-order valence-corrected chi connectivity index (χ2v) is 3.11. The van der Waals surface area contributed by atoms with Gasteiger partial charge in [0.15, 0.2) is 0 Å². The van der Waals surface area contributed by atoms with Gasteiger partial charge in [0.25, 0.3) is 6.43 Å². The van der Waals surface area contributed by atoms with Crippen LogP contribution >= 0.6 is 15.9 Å². The summed E-state index contributed by atoms with van der Waals surface area (Å²) in [7, 11) is 1.31. The zero-order valence-electron chi connectivity index (χ0n) is 7.09. The van der Waals surface area contributed by atoms with Gasteiger partial charge in [-0.2, -0.15) is 5.26 Å². The highest BCUT2D eigenvalue weighted by Crippen LogP contribution is 2.35. The number of alkyl halides is 2. The highest BCUT2D eigenvalue weighted by atomic mass is 79.9. The van der Waals surface area contributed by atoms with E-state index in [1.54, 1.807) is 6.07 Å². The SMILES string of the molecule is COc1ncc(C#N)c(C(F)F)c1Br. The van der Waals surface area contributed by atoms with Gasteiger partial charge in [-0.25, -0.2) is 13.8 Å². The molecule has 0 aliphatic heterocycles. The van der Waals surface area contributed by atoms with Crippen molar-refractivity contribution in [1.29, 1.82) is 5.26 Å². The van der Waals surface area contributed by atoms with Crippen LogP contribution in [-0.2, 0) is 0 Å². The van der Waals surface area contributed by atoms with Crippen molar-refractivity contribution >= 4 is 15.9 Å². The third-order valence-corrected chi connectivity index (χ3v) is 2.32. The smallest absolute Gasteiger partial charge is 0.266 e. The molecule has 74 valence electrons. The van der Waals surface area contributed by atoms with E-state index in [-0.39, 0.29) is 21.5 Å². The lowest BCUT2D eigenvalue weighted by Crippen LogP contribution is -1.98. The number of hydrogen-bond donors (Lipinski definition) is 0. The van der Waals surface area contributed by atoms with Crippen molar-refractivity contribution < 1.29 is 13.5 Å². The van der Waals surface area contributed by atoms with E-state index in [1.807, 2.05) is 0 Å². The Morgan fingerprint density at radius 1 is 1.64 bits per heavy atom. The minimum Gasteiger partial charge on any atom is -0.480 e. The predicted molar refractivity (Wildman–Crippen MR) is 48.2 cm³/mol. The molecule has 0 N–H and O–H groups in total. The topological polar surface area (TPSA) is 45.9 Å². The third-order valence-electron chi connectivity index (χ3n) is 1.56. The number of halogens is 3. The first-order valence-electron chi connectivity index (χ1n) is 3.52. The van der Waals surface area contributed by atoms with Crippen LogP contribution in [0.25, 0.3) is 0 Å². The number of nitrogens with zero attached hydrogens (tertiary/aromatic N) is 2. The Hall–Kier alpha value is -1.22. The average Bonchev–Trinajstić information content (AvgIpc) is 2.16. The van der Waals surface area contributed by atoms with Gasteiger partial charge in [0, 0.05) is 6.20 Å². The molecule has 1 aromatic heterocycles. The minimum absolute atomic E-state index is 0.0223. The molecule has 0 saturated heterocycles. The Bertz CT molecular complexity index is 390. The molecule has 6 heteroatoms. The standard InChI is InChI=1S/C8H5BrF2N2O/c1-14-8-6(9)5(7(10)11)4(2-12)3-13-8/h3,7H,1H3. The van der Waals surface area contributed by atoms with E-state index in [0.717, 1.165) is 6.20 Å². The second kappa shape index (κ2) is 4.33. The predicted octanol–water partition coefficient (Wildman–Crippen LogP) is 2.66. The molecule has 0 radical (unpaired) electrons. The van der Waals surface area contributed by atoms with Gasteiger partial charge in [-0.1, -0.05) is 0 Å². The van der Waals surface area contributed by atoms with Gasteiger partial charge in [-0.15, -0.1) is 0 Å². The van der Waals surface area contributed by atoms with Crippen LogP contribution in [0.3, 0.4) is 0 Å². The molecule has 0 aliphatic rings. The maximum absolute atomic E-state index is 12.5. The minimum atomic E-state index is -2.74. The van der Waals surface area contributed by atoms with Crippen LogP contribution in [0, 0.1) is 11.3 Å². The molecule has 3 nitrogen and oxygen atoms in total. The summed E-state index contributed by atoms with van der Waals surface area (Å²) < 4.78 is 29.8. The molecule has 0 spiro atoms. The zero-order chi connectivity index (χ0) is 10.7. The monoisotopic (exact) mass is 262 g/mol. The van der Waals surface area contributed by atoms with Gasteiger partial charge in [-0.05, 0) is 15.9 Å². The first kappa shape index (κ1) is 10.9. The molecule has 1 aromatic rings. The first-order valence-corrected chi connectivity index (χ1v) is 4.31. The summed E-state index contributed by atoms with van der Waals surface area (Å²) in [6, 6.07) is 1.64. The Kier molecular flexibility index (Phi) is 3.36. The third kappa shape index (κ3) is 1.82. The molecule has 1 rings (SSSR count). The van der Waals surface area contributed by atoms with E-state index in [2.05, 4.69) is 20.9 Å². The van der Waals surface area contributed by atoms with E-state index in [1.165, 1.54) is 7.11 Å². The fourth-order valence-electron chi connectivity index (χ4n) is 0.928. The lowest BCUT2D eigenvalue weighted by molar-refractivity contribution is 0.149. The lowest BCUT2D eigenvalue weighted by atomic mass is 10.1. The lowest BCUT2D eigenvalue weighted by Gasteiger charge is -2.08. The maximum Gasteiger partial charge on any atom is 0.266 e. The van der Waals surface area contributed by atoms with Crippen molar-refractivity contribution in [1.82, 2.24) is 4.98 Å². The molecule has 0 fully saturated rings. The second-order valence-electron chi connectivity index (χ2n) is 2.32. The molecule has 1 heterocycles. The van der Waals surface area contributed by atoms with Gasteiger partial charge >= 0.3 is 0 Å². The number of nitriles is 1. The molecule has 0 aliphatic carbocycles. The Balaban J connectivity index is 3.41. The van der Waals surface area contributed by atoms with Crippen molar-refractivity contribution in [3.8, 4) is 11.9 Å². The van der Waals surface area contributed by atoms with Gasteiger partial charge in [0.2, 0.25) is 5.88 Å². The van der Waals surface area contributed by atoms with Crippen LogP contribution in [-0.4, -0.2) is 12.1 Å². The number of aromatic nitrogens is 1. The molecule has 0 amide bonds. The molecular weight excluding hydrogens is 258 g/mol. The highest BCUT2D eigenvalue weighted by Gasteiger charge is 2.20. The van der Waals surface area contributed by atoms with Gasteiger partial charge < -0.3 is 4.74 Å². The van der Waals surface area contributed by atoms with E-state index in [9.17, 15) is 8.78 Å². The fraction of sp³-hybridized carbons (Fsp3) is 0.250. The van der Waals surface area contributed by atoms with Gasteiger partial charge in [0.1, 0.15) is 6.07 Å². The first-order chi connectivity index (χ1) is 6.61. The van der Waals surface area contributed by atoms with Gasteiger partial charge in [0.05, 0.1) is 22.7 Å². The summed E-state index contributed by atoms with van der Waals surface area (Å²) in [6.07, 6.45) is -1.68. The number of pyridine rings is 1. The number of ether oxygens (including phenoxy) is 1. The molecule has 0 aromatic carbocycles. The molecule has 0 bridgehead atoms. The fourth-order valence-corrected chi connectivity index (χ4v) is 1.58. The van der Waals surface area contributed by atoms with E-state index < -0.39 is 6.43 Å². The summed E-state index contributed by atoms with van der Waals surface area (Å²) in [5.41, 5.74) is -0.549. The maximum atomic E-state index is 12.5. The van der Waals surface area contributed by atoms with Gasteiger partial charge in [-0.3, -0.25) is 0 Å². The highest BCUT2D eigenvalue weighted by molar-refractivity contribution is 9.10. The van der Waals surface area contributed by atoms with Crippen LogP contribution < -0.4 is 4.74 Å². The normalized spacial score (nSPS) is 10.0. The Morgan fingerprint density at radius 2 is 2.29 bits per heavy atom. The van der Waals surface area contributed by atoms with Crippen LogP contribution in [0.1, 0.15) is 17.6 Å². The average molecular weight is 263 g/mol. The molecule has 0 saturated carbocycles. The summed E-state index contributed by atoms with van der Waals surface area (Å²) >= 11 is 2.92. The van der Waals surface area contributed by atoms with Crippen molar-refractivity contribution in [3.63, 3.8) is 0 Å². The largest absolute Gasteiger partial charge is 0.480 e. The summed E-state index contributed by atoms with van der Waals surface area (Å²) in [4.78, 5) is 3.69. The number of hydrogen-bond acceptors (Lipinski definition) is 3. The van der Waals surface area contributed by atoms with Crippen LogP contribution in [0.4, 0.5) is 8.78 Å². The summed E-state index contributed by atoms with van der Waals surface area (Å²) in [6.45, 7) is 0. The molecule has 0 unspecified atom stereocenters. The van der Waals surface area contributed by atoms with Crippen molar-refractivity contribution in [2.45, 2.75) is 6.43 Å². The number of rotatable bonds is 2. The molecule has 14 heavy (non-hydrogen) atoms. The quantitative estimate of drug-likeness (QED) is 0.823. The van der Waals surface area contributed by atoms with E-state index >= 15 is 0 Å². The van der Waals surface area contributed by atoms with Crippen molar-refractivity contribution in [2.24, 2.45) is 0 Å². The van der Waals surface area contributed by atoms with E-state index in [4.69, 9.17) is 10.00 Å². The van der Waals surface area contributed by atoms with Crippen LogP contribution in [0.2, 0.25) is 0 Å².